The highest BCUT2D eigenvalue weighted by atomic mass is 32.2. The third kappa shape index (κ3) is 4.62. The Kier molecular flexibility index (Phi) is 6.04. The molecule has 1 aliphatic carbocycles. The van der Waals surface area contributed by atoms with E-state index >= 15 is 0 Å². The molecule has 1 amide bonds. The molecule has 8 heteroatoms. The van der Waals surface area contributed by atoms with Crippen molar-refractivity contribution in [2.45, 2.75) is 31.4 Å². The van der Waals surface area contributed by atoms with Crippen LogP contribution in [0.25, 0.3) is 0 Å². The average Bonchev–Trinajstić information content (AvgIpc) is 2.98. The smallest absolute Gasteiger partial charge is 0.335 e. The molecule has 0 saturated carbocycles. The number of carbonyl (C=O) groups is 2. The lowest BCUT2D eigenvalue weighted by atomic mass is 9.96. The van der Waals surface area contributed by atoms with Gasteiger partial charge in [0.2, 0.25) is 5.91 Å². The molecule has 0 fully saturated rings. The molecule has 2 N–H and O–H groups in total. The van der Waals surface area contributed by atoms with Crippen molar-refractivity contribution in [1.29, 1.82) is 5.26 Å². The summed E-state index contributed by atoms with van der Waals surface area (Å²) in [5, 5.41) is 21.6. The van der Waals surface area contributed by atoms with Crippen molar-refractivity contribution < 1.29 is 18.9 Å². The fraction of sp³-hybridized carbons (Fsp3) is 0.316. The Balaban J connectivity index is 1.61. The summed E-state index contributed by atoms with van der Waals surface area (Å²) in [6.45, 7) is 0. The van der Waals surface area contributed by atoms with E-state index in [-0.39, 0.29) is 23.0 Å². The molecular weight excluding hydrogens is 384 g/mol. The van der Waals surface area contributed by atoms with Gasteiger partial charge in [0.1, 0.15) is 16.8 Å². The number of hydrogen-bond donors (Lipinski definition) is 2. The Labute approximate surface area is 163 Å². The van der Waals surface area contributed by atoms with E-state index in [0.717, 1.165) is 36.1 Å². The minimum absolute atomic E-state index is 0.160. The van der Waals surface area contributed by atoms with Crippen LogP contribution in [0.4, 0.5) is 5.00 Å². The van der Waals surface area contributed by atoms with Gasteiger partial charge in [0, 0.05) is 21.4 Å². The lowest BCUT2D eigenvalue weighted by Gasteiger charge is -2.09. The maximum Gasteiger partial charge on any atom is 0.335 e. The van der Waals surface area contributed by atoms with Gasteiger partial charge < -0.3 is 10.4 Å². The Morgan fingerprint density at radius 2 is 1.93 bits per heavy atom. The van der Waals surface area contributed by atoms with E-state index in [1.54, 1.807) is 12.1 Å². The predicted octanol–water partition coefficient (Wildman–Crippen LogP) is 3.08. The SMILES string of the molecule is N#Cc1c(NC(=O)CS(=O)Cc2ccc(C(=O)O)cc2)sc2c1CCCC2. The van der Waals surface area contributed by atoms with E-state index in [1.165, 1.54) is 23.5 Å². The maximum atomic E-state index is 12.3. The van der Waals surface area contributed by atoms with E-state index in [1.807, 2.05) is 0 Å². The molecule has 1 atom stereocenters. The third-order valence-electron chi connectivity index (χ3n) is 4.36. The number of aromatic carboxylic acids is 1. The van der Waals surface area contributed by atoms with Gasteiger partial charge >= 0.3 is 5.97 Å². The number of fused-ring (bicyclic) bond motifs is 1. The van der Waals surface area contributed by atoms with E-state index in [0.29, 0.717) is 16.1 Å². The van der Waals surface area contributed by atoms with E-state index < -0.39 is 16.8 Å². The van der Waals surface area contributed by atoms with Crippen molar-refractivity contribution in [2.24, 2.45) is 0 Å². The van der Waals surface area contributed by atoms with Crippen LogP contribution in [0.3, 0.4) is 0 Å². The molecule has 0 spiro atoms. The normalized spacial score (nSPS) is 14.0. The van der Waals surface area contributed by atoms with Gasteiger partial charge in [-0.15, -0.1) is 11.3 Å². The van der Waals surface area contributed by atoms with Gasteiger partial charge in [-0.1, -0.05) is 12.1 Å². The predicted molar refractivity (Wildman–Crippen MR) is 104 cm³/mol. The van der Waals surface area contributed by atoms with Gasteiger partial charge in [-0.3, -0.25) is 9.00 Å². The largest absolute Gasteiger partial charge is 0.478 e. The van der Waals surface area contributed by atoms with Gasteiger partial charge in [-0.2, -0.15) is 5.26 Å². The van der Waals surface area contributed by atoms with Crippen LogP contribution in [0.2, 0.25) is 0 Å². The molecule has 0 bridgehead atoms. The monoisotopic (exact) mass is 402 g/mol. The zero-order chi connectivity index (χ0) is 19.4. The number of thiophene rings is 1. The van der Waals surface area contributed by atoms with Crippen molar-refractivity contribution in [1.82, 2.24) is 0 Å². The molecule has 1 aromatic heterocycles. The molecule has 0 aliphatic heterocycles. The number of carbonyl (C=O) groups excluding carboxylic acids is 1. The van der Waals surface area contributed by atoms with E-state index in [9.17, 15) is 19.1 Å². The van der Waals surface area contributed by atoms with Gasteiger partial charge in [-0.05, 0) is 48.9 Å². The topological polar surface area (TPSA) is 107 Å². The molecule has 3 rings (SSSR count). The summed E-state index contributed by atoms with van der Waals surface area (Å²) < 4.78 is 12.3. The Morgan fingerprint density at radius 1 is 1.22 bits per heavy atom. The van der Waals surface area contributed by atoms with Crippen molar-refractivity contribution in [3.63, 3.8) is 0 Å². The highest BCUT2D eigenvalue weighted by Gasteiger charge is 2.22. The maximum absolute atomic E-state index is 12.3. The zero-order valence-corrected chi connectivity index (χ0v) is 16.1. The molecule has 1 heterocycles. The summed E-state index contributed by atoms with van der Waals surface area (Å²) in [6.07, 6.45) is 3.94. The molecule has 140 valence electrons. The number of anilines is 1. The summed E-state index contributed by atoms with van der Waals surface area (Å²) >= 11 is 1.44. The van der Waals surface area contributed by atoms with Crippen LogP contribution < -0.4 is 5.32 Å². The van der Waals surface area contributed by atoms with Crippen molar-refractivity contribution in [3.05, 3.63) is 51.4 Å². The lowest BCUT2D eigenvalue weighted by molar-refractivity contribution is -0.113. The third-order valence-corrected chi connectivity index (χ3v) is 6.80. The van der Waals surface area contributed by atoms with Crippen molar-refractivity contribution in [3.8, 4) is 6.07 Å². The Hall–Kier alpha value is -2.50. The summed E-state index contributed by atoms with van der Waals surface area (Å²) in [5.41, 5.74) is 2.45. The number of hydrogen-bond acceptors (Lipinski definition) is 5. The molecule has 27 heavy (non-hydrogen) atoms. The minimum atomic E-state index is -1.43. The molecule has 1 aliphatic rings. The van der Waals surface area contributed by atoms with Crippen LogP contribution in [0.15, 0.2) is 24.3 Å². The zero-order valence-electron chi connectivity index (χ0n) is 14.5. The second-order valence-corrected chi connectivity index (χ2v) is 8.87. The van der Waals surface area contributed by atoms with Crippen LogP contribution in [-0.4, -0.2) is 26.9 Å². The summed E-state index contributed by atoms with van der Waals surface area (Å²) in [4.78, 5) is 24.3. The summed E-state index contributed by atoms with van der Waals surface area (Å²) in [5.74, 6) is -1.41. The second-order valence-electron chi connectivity index (χ2n) is 6.31. The first-order valence-electron chi connectivity index (χ1n) is 8.49. The minimum Gasteiger partial charge on any atom is -0.478 e. The number of benzene rings is 1. The number of amides is 1. The molecule has 6 nitrogen and oxygen atoms in total. The second kappa shape index (κ2) is 8.46. The highest BCUT2D eigenvalue weighted by molar-refractivity contribution is 7.85. The molecule has 1 unspecified atom stereocenters. The standard InChI is InChI=1S/C19H18N2O4S2/c20-9-15-14-3-1-2-4-16(14)26-18(15)21-17(22)11-27(25)10-12-5-7-13(8-6-12)19(23)24/h5-8H,1-4,10-11H2,(H,21,22)(H,23,24). The number of nitrogens with one attached hydrogen (secondary N) is 1. The Morgan fingerprint density at radius 3 is 2.59 bits per heavy atom. The molecule has 0 saturated heterocycles. The number of nitriles is 1. The Bertz CT molecular complexity index is 942. The van der Waals surface area contributed by atoms with Crippen LogP contribution in [0.1, 0.15) is 44.8 Å². The number of aryl methyl sites for hydroxylation is 1. The molecule has 0 radical (unpaired) electrons. The van der Waals surface area contributed by atoms with Crippen LogP contribution in [0.5, 0.6) is 0 Å². The quantitative estimate of drug-likeness (QED) is 0.772. The van der Waals surface area contributed by atoms with Gasteiger partial charge in [0.05, 0.1) is 11.1 Å². The van der Waals surface area contributed by atoms with Crippen molar-refractivity contribution in [2.75, 3.05) is 11.1 Å². The van der Waals surface area contributed by atoms with Crippen LogP contribution in [-0.2, 0) is 34.2 Å². The summed E-state index contributed by atoms with van der Waals surface area (Å²) in [6, 6.07) is 8.28. The lowest BCUT2D eigenvalue weighted by Crippen LogP contribution is -2.20. The number of carboxylic acids is 1. The fourth-order valence-electron chi connectivity index (χ4n) is 3.06. The van der Waals surface area contributed by atoms with E-state index in [2.05, 4.69) is 11.4 Å². The first kappa shape index (κ1) is 19.3. The van der Waals surface area contributed by atoms with Gasteiger partial charge in [-0.25, -0.2) is 4.79 Å². The van der Waals surface area contributed by atoms with Crippen LogP contribution in [0, 0.1) is 11.3 Å². The van der Waals surface area contributed by atoms with Gasteiger partial charge in [0.25, 0.3) is 0 Å². The average molecular weight is 402 g/mol. The van der Waals surface area contributed by atoms with Gasteiger partial charge in [0.15, 0.2) is 0 Å². The highest BCUT2D eigenvalue weighted by Crippen LogP contribution is 2.37. The van der Waals surface area contributed by atoms with Crippen LogP contribution >= 0.6 is 11.3 Å². The fourth-order valence-corrected chi connectivity index (χ4v) is 5.35. The number of rotatable bonds is 6. The van der Waals surface area contributed by atoms with E-state index in [4.69, 9.17) is 5.11 Å². The molecular formula is C19H18N2O4S2. The first-order chi connectivity index (χ1) is 13.0. The first-order valence-corrected chi connectivity index (χ1v) is 10.8. The van der Waals surface area contributed by atoms with Crippen molar-refractivity contribution >= 4 is 39.0 Å². The summed E-state index contributed by atoms with van der Waals surface area (Å²) in [7, 11) is -1.43. The number of carboxylic acid groups (broad SMARTS) is 1. The number of nitrogens with zero attached hydrogens (tertiary/aromatic N) is 1. The molecule has 1 aromatic carbocycles. The molecule has 2 aromatic rings.